The average molecular weight is 307 g/mol. The van der Waals surface area contributed by atoms with Gasteiger partial charge in [0.05, 0.1) is 6.04 Å². The van der Waals surface area contributed by atoms with E-state index in [9.17, 15) is 9.59 Å². The van der Waals surface area contributed by atoms with Gasteiger partial charge in [-0.25, -0.2) is 0 Å². The van der Waals surface area contributed by atoms with E-state index >= 15 is 0 Å². The molecule has 1 heterocycles. The zero-order chi connectivity index (χ0) is 15.4. The SMILES string of the molecule is Cc1ccc(C(=O)N2CCSCC2)cc1NC(=O)[C@H](C)N. The molecule has 0 aliphatic carbocycles. The highest BCUT2D eigenvalue weighted by Crippen LogP contribution is 2.20. The standard InChI is InChI=1S/C15H21N3O2S/c1-10-3-4-12(9-13(10)17-14(19)11(2)16)15(20)18-5-7-21-8-6-18/h3-4,9,11H,5-8,16H2,1-2H3,(H,17,19)/t11-/m0/s1. The van der Waals surface area contributed by atoms with Crippen molar-refractivity contribution in [2.75, 3.05) is 29.9 Å². The average Bonchev–Trinajstić information content (AvgIpc) is 2.49. The van der Waals surface area contributed by atoms with Crippen LogP contribution in [-0.4, -0.2) is 47.4 Å². The molecule has 1 saturated heterocycles. The van der Waals surface area contributed by atoms with Gasteiger partial charge in [-0.05, 0) is 31.5 Å². The van der Waals surface area contributed by atoms with Gasteiger partial charge in [0.25, 0.3) is 5.91 Å². The maximum atomic E-state index is 12.5. The number of anilines is 1. The van der Waals surface area contributed by atoms with Crippen LogP contribution in [0.15, 0.2) is 18.2 Å². The van der Waals surface area contributed by atoms with Crippen molar-refractivity contribution in [2.24, 2.45) is 5.73 Å². The third-order valence-electron chi connectivity index (χ3n) is 3.45. The summed E-state index contributed by atoms with van der Waals surface area (Å²) in [6, 6.07) is 4.81. The summed E-state index contributed by atoms with van der Waals surface area (Å²) in [5.74, 6) is 1.72. The first-order valence-electron chi connectivity index (χ1n) is 7.03. The molecule has 0 aromatic heterocycles. The lowest BCUT2D eigenvalue weighted by Crippen LogP contribution is -2.38. The van der Waals surface area contributed by atoms with E-state index in [1.807, 2.05) is 29.7 Å². The Balaban J connectivity index is 2.17. The zero-order valence-electron chi connectivity index (χ0n) is 12.4. The van der Waals surface area contributed by atoms with Crippen LogP contribution in [0.1, 0.15) is 22.8 Å². The first kappa shape index (κ1) is 15.9. The van der Waals surface area contributed by atoms with Crippen LogP contribution >= 0.6 is 11.8 Å². The van der Waals surface area contributed by atoms with Crippen LogP contribution in [0.5, 0.6) is 0 Å². The summed E-state index contributed by atoms with van der Waals surface area (Å²) in [6.07, 6.45) is 0. The van der Waals surface area contributed by atoms with Crippen molar-refractivity contribution in [3.05, 3.63) is 29.3 Å². The molecule has 6 heteroatoms. The quantitative estimate of drug-likeness (QED) is 0.887. The maximum Gasteiger partial charge on any atom is 0.253 e. The topological polar surface area (TPSA) is 75.4 Å². The minimum Gasteiger partial charge on any atom is -0.337 e. The molecule has 2 amide bonds. The lowest BCUT2D eigenvalue weighted by Gasteiger charge is -2.26. The maximum absolute atomic E-state index is 12.5. The van der Waals surface area contributed by atoms with Crippen LogP contribution in [-0.2, 0) is 4.79 Å². The lowest BCUT2D eigenvalue weighted by molar-refractivity contribution is -0.117. The number of carbonyl (C=O) groups is 2. The molecule has 1 atom stereocenters. The minimum atomic E-state index is -0.581. The molecule has 5 nitrogen and oxygen atoms in total. The number of aryl methyl sites for hydroxylation is 1. The van der Waals surface area contributed by atoms with Crippen LogP contribution in [0, 0.1) is 6.92 Å². The summed E-state index contributed by atoms with van der Waals surface area (Å²) in [5.41, 5.74) is 7.72. The van der Waals surface area contributed by atoms with Gasteiger partial charge in [-0.1, -0.05) is 6.07 Å². The predicted molar refractivity (Wildman–Crippen MR) is 86.7 cm³/mol. The van der Waals surface area contributed by atoms with E-state index in [-0.39, 0.29) is 11.8 Å². The van der Waals surface area contributed by atoms with E-state index in [1.54, 1.807) is 19.1 Å². The van der Waals surface area contributed by atoms with E-state index in [2.05, 4.69) is 5.32 Å². The van der Waals surface area contributed by atoms with Gasteiger partial charge in [0, 0.05) is 35.8 Å². The molecule has 0 radical (unpaired) electrons. The number of hydrogen-bond donors (Lipinski definition) is 2. The highest BCUT2D eigenvalue weighted by molar-refractivity contribution is 7.99. The molecule has 0 unspecified atom stereocenters. The second-order valence-corrected chi connectivity index (χ2v) is 6.44. The highest BCUT2D eigenvalue weighted by Gasteiger charge is 2.19. The number of hydrogen-bond acceptors (Lipinski definition) is 4. The molecule has 0 bridgehead atoms. The van der Waals surface area contributed by atoms with E-state index in [0.717, 1.165) is 30.2 Å². The van der Waals surface area contributed by atoms with Gasteiger partial charge in [-0.2, -0.15) is 11.8 Å². The van der Waals surface area contributed by atoms with Gasteiger partial charge in [0.1, 0.15) is 0 Å². The summed E-state index contributed by atoms with van der Waals surface area (Å²) in [6.45, 7) is 5.07. The number of carbonyl (C=O) groups excluding carboxylic acids is 2. The monoisotopic (exact) mass is 307 g/mol. The molecular weight excluding hydrogens is 286 g/mol. The van der Waals surface area contributed by atoms with Crippen LogP contribution < -0.4 is 11.1 Å². The molecule has 2 rings (SSSR count). The van der Waals surface area contributed by atoms with Crippen molar-refractivity contribution >= 4 is 29.3 Å². The molecule has 0 saturated carbocycles. The fourth-order valence-corrected chi connectivity index (χ4v) is 2.99. The summed E-state index contributed by atoms with van der Waals surface area (Å²) in [4.78, 5) is 26.0. The summed E-state index contributed by atoms with van der Waals surface area (Å²) < 4.78 is 0. The number of nitrogens with zero attached hydrogens (tertiary/aromatic N) is 1. The van der Waals surface area contributed by atoms with Crippen molar-refractivity contribution in [2.45, 2.75) is 19.9 Å². The Hall–Kier alpha value is -1.53. The molecule has 3 N–H and O–H groups in total. The van der Waals surface area contributed by atoms with E-state index < -0.39 is 6.04 Å². The van der Waals surface area contributed by atoms with Gasteiger partial charge in [-0.3, -0.25) is 9.59 Å². The second kappa shape index (κ2) is 6.95. The summed E-state index contributed by atoms with van der Waals surface area (Å²) >= 11 is 1.86. The summed E-state index contributed by atoms with van der Waals surface area (Å²) in [5, 5.41) is 2.77. The minimum absolute atomic E-state index is 0.0200. The third kappa shape index (κ3) is 3.98. The third-order valence-corrected chi connectivity index (χ3v) is 4.40. The van der Waals surface area contributed by atoms with Crippen LogP contribution in [0.25, 0.3) is 0 Å². The second-order valence-electron chi connectivity index (χ2n) is 5.21. The Morgan fingerprint density at radius 2 is 2.00 bits per heavy atom. The molecule has 1 aliphatic rings. The number of rotatable bonds is 3. The van der Waals surface area contributed by atoms with Crippen molar-refractivity contribution in [3.63, 3.8) is 0 Å². The van der Waals surface area contributed by atoms with Crippen molar-refractivity contribution < 1.29 is 9.59 Å². The van der Waals surface area contributed by atoms with E-state index in [0.29, 0.717) is 11.3 Å². The number of benzene rings is 1. The van der Waals surface area contributed by atoms with Crippen LogP contribution in [0.2, 0.25) is 0 Å². The highest BCUT2D eigenvalue weighted by atomic mass is 32.2. The molecule has 1 aliphatic heterocycles. The fourth-order valence-electron chi connectivity index (χ4n) is 2.09. The Morgan fingerprint density at radius 1 is 1.33 bits per heavy atom. The Bertz CT molecular complexity index is 540. The molecule has 1 aromatic carbocycles. The van der Waals surface area contributed by atoms with Gasteiger partial charge < -0.3 is 16.0 Å². The fraction of sp³-hybridized carbons (Fsp3) is 0.467. The smallest absolute Gasteiger partial charge is 0.253 e. The van der Waals surface area contributed by atoms with Gasteiger partial charge in [0.2, 0.25) is 5.91 Å². The number of thioether (sulfide) groups is 1. The molecular formula is C15H21N3O2S. The van der Waals surface area contributed by atoms with Crippen LogP contribution in [0.4, 0.5) is 5.69 Å². The Morgan fingerprint density at radius 3 is 2.62 bits per heavy atom. The van der Waals surface area contributed by atoms with E-state index in [4.69, 9.17) is 5.73 Å². The predicted octanol–water partition coefficient (Wildman–Crippen LogP) is 1.47. The molecule has 114 valence electrons. The molecule has 1 fully saturated rings. The van der Waals surface area contributed by atoms with Crippen molar-refractivity contribution in [1.29, 1.82) is 0 Å². The first-order valence-corrected chi connectivity index (χ1v) is 8.18. The van der Waals surface area contributed by atoms with Gasteiger partial charge in [0.15, 0.2) is 0 Å². The van der Waals surface area contributed by atoms with Gasteiger partial charge >= 0.3 is 0 Å². The lowest BCUT2D eigenvalue weighted by atomic mass is 10.1. The Kier molecular flexibility index (Phi) is 5.25. The van der Waals surface area contributed by atoms with E-state index in [1.165, 1.54) is 0 Å². The van der Waals surface area contributed by atoms with Gasteiger partial charge in [-0.15, -0.1) is 0 Å². The Labute approximate surface area is 129 Å². The van der Waals surface area contributed by atoms with Crippen molar-refractivity contribution in [1.82, 2.24) is 4.90 Å². The summed E-state index contributed by atoms with van der Waals surface area (Å²) in [7, 11) is 0. The largest absolute Gasteiger partial charge is 0.337 e. The first-order chi connectivity index (χ1) is 9.99. The normalized spacial score (nSPS) is 16.4. The molecule has 21 heavy (non-hydrogen) atoms. The van der Waals surface area contributed by atoms with Crippen LogP contribution in [0.3, 0.4) is 0 Å². The molecule has 1 aromatic rings. The zero-order valence-corrected chi connectivity index (χ0v) is 13.2. The molecule has 0 spiro atoms. The van der Waals surface area contributed by atoms with Crippen molar-refractivity contribution in [3.8, 4) is 0 Å². The number of nitrogens with two attached hydrogens (primary N) is 1. The number of nitrogens with one attached hydrogen (secondary N) is 1. The number of amides is 2.